The van der Waals surface area contributed by atoms with Gasteiger partial charge in [-0.1, -0.05) is 19.2 Å². The van der Waals surface area contributed by atoms with Crippen LogP contribution in [-0.4, -0.2) is 8.76 Å². The summed E-state index contributed by atoms with van der Waals surface area (Å²) < 4.78 is 19.7. The molecule has 1 aromatic carbocycles. The van der Waals surface area contributed by atoms with Crippen molar-refractivity contribution in [2.24, 2.45) is 0 Å². The Hall–Kier alpha value is -1.39. The fraction of sp³-hybridized carbons (Fsp3) is 0.0909. The molecule has 0 fully saturated rings. The molecule has 1 aromatic rings. The normalized spacial score (nSPS) is 11.9. The average molecular weight is 223 g/mol. The van der Waals surface area contributed by atoms with Crippen LogP contribution in [0.4, 0.5) is 5.69 Å². The molecule has 1 atom stereocenters. The molecule has 15 heavy (non-hydrogen) atoms. The van der Waals surface area contributed by atoms with Gasteiger partial charge in [-0.25, -0.2) is 4.21 Å². The number of hydrogen-bond donors (Lipinski definition) is 2. The van der Waals surface area contributed by atoms with Crippen LogP contribution in [0.25, 0.3) is 0 Å². The summed E-state index contributed by atoms with van der Waals surface area (Å²) in [5.74, 6) is 0. The second-order valence-electron chi connectivity index (χ2n) is 3.16. The highest BCUT2D eigenvalue weighted by molar-refractivity contribution is 7.79. The van der Waals surface area contributed by atoms with E-state index in [1.807, 2.05) is 6.92 Å². The molecular weight excluding hydrogens is 210 g/mol. The second-order valence-corrected chi connectivity index (χ2v) is 4.13. The van der Waals surface area contributed by atoms with Crippen molar-refractivity contribution in [2.75, 3.05) is 5.32 Å². The van der Waals surface area contributed by atoms with Crippen molar-refractivity contribution in [3.63, 3.8) is 0 Å². The first kappa shape index (κ1) is 11.7. The summed E-state index contributed by atoms with van der Waals surface area (Å²) in [6, 6.07) is 6.69. The van der Waals surface area contributed by atoms with Gasteiger partial charge in [-0.3, -0.25) is 0 Å². The number of nitrogens with one attached hydrogen (secondary N) is 1. The van der Waals surface area contributed by atoms with Crippen LogP contribution in [0.1, 0.15) is 6.92 Å². The van der Waals surface area contributed by atoms with Crippen LogP contribution in [-0.2, 0) is 11.1 Å². The molecule has 0 aliphatic heterocycles. The lowest BCUT2D eigenvalue weighted by molar-refractivity contribution is 0.564. The SMILES string of the molecule is C=C(C)C(=C)Nc1cccc(S(=O)O)c1. The number of hydrogen-bond acceptors (Lipinski definition) is 2. The third kappa shape index (κ3) is 3.34. The average Bonchev–Trinajstić information content (AvgIpc) is 2.18. The number of rotatable bonds is 4. The lowest BCUT2D eigenvalue weighted by atomic mass is 10.2. The minimum atomic E-state index is -1.96. The molecule has 1 rings (SSSR count). The van der Waals surface area contributed by atoms with E-state index in [1.54, 1.807) is 24.3 Å². The molecule has 0 heterocycles. The Labute approximate surface area is 91.8 Å². The zero-order chi connectivity index (χ0) is 11.4. The zero-order valence-corrected chi connectivity index (χ0v) is 9.30. The van der Waals surface area contributed by atoms with E-state index in [1.165, 1.54) is 0 Å². The van der Waals surface area contributed by atoms with Gasteiger partial charge in [0.15, 0.2) is 11.1 Å². The van der Waals surface area contributed by atoms with E-state index >= 15 is 0 Å². The number of allylic oxidation sites excluding steroid dienone is 1. The van der Waals surface area contributed by atoms with Gasteiger partial charge in [-0.05, 0) is 30.7 Å². The summed E-state index contributed by atoms with van der Waals surface area (Å²) >= 11 is -1.96. The molecule has 80 valence electrons. The molecule has 4 heteroatoms. The third-order valence-electron chi connectivity index (χ3n) is 1.85. The summed E-state index contributed by atoms with van der Waals surface area (Å²) in [6.45, 7) is 9.35. The molecule has 3 nitrogen and oxygen atoms in total. The minimum absolute atomic E-state index is 0.356. The van der Waals surface area contributed by atoms with Crippen LogP contribution in [0, 0.1) is 0 Å². The molecule has 0 aliphatic carbocycles. The molecular formula is C11H13NO2S. The van der Waals surface area contributed by atoms with Gasteiger partial charge in [0, 0.05) is 11.4 Å². The summed E-state index contributed by atoms with van der Waals surface area (Å²) in [6.07, 6.45) is 0. The fourth-order valence-electron chi connectivity index (χ4n) is 0.963. The van der Waals surface area contributed by atoms with Crippen LogP contribution in [0.5, 0.6) is 0 Å². The minimum Gasteiger partial charge on any atom is -0.356 e. The Morgan fingerprint density at radius 1 is 1.47 bits per heavy atom. The molecule has 0 saturated carbocycles. The molecule has 2 N–H and O–H groups in total. The van der Waals surface area contributed by atoms with Crippen LogP contribution in [0.2, 0.25) is 0 Å². The van der Waals surface area contributed by atoms with Gasteiger partial charge in [0.2, 0.25) is 0 Å². The Morgan fingerprint density at radius 2 is 2.13 bits per heavy atom. The largest absolute Gasteiger partial charge is 0.356 e. The van der Waals surface area contributed by atoms with Gasteiger partial charge in [0.1, 0.15) is 0 Å². The molecule has 0 bridgehead atoms. The van der Waals surface area contributed by atoms with Crippen molar-refractivity contribution in [1.82, 2.24) is 0 Å². The first-order valence-corrected chi connectivity index (χ1v) is 5.44. The smallest absolute Gasteiger partial charge is 0.186 e. The highest BCUT2D eigenvalue weighted by atomic mass is 32.2. The molecule has 0 amide bonds. The van der Waals surface area contributed by atoms with Crippen molar-refractivity contribution in [3.05, 3.63) is 48.7 Å². The Kier molecular flexibility index (Phi) is 3.82. The van der Waals surface area contributed by atoms with Gasteiger partial charge in [0.25, 0.3) is 0 Å². The standard InChI is InChI=1S/C11H13NO2S/c1-8(2)9(3)12-10-5-4-6-11(7-10)15(13)14/h4-7,12H,1,3H2,2H3,(H,13,14). The maximum atomic E-state index is 10.8. The molecule has 0 aliphatic rings. The maximum absolute atomic E-state index is 10.8. The van der Waals surface area contributed by atoms with Gasteiger partial charge < -0.3 is 9.87 Å². The first-order valence-electron chi connectivity index (χ1n) is 4.33. The Morgan fingerprint density at radius 3 is 2.67 bits per heavy atom. The fourth-order valence-corrected chi connectivity index (χ4v) is 1.39. The lowest BCUT2D eigenvalue weighted by Gasteiger charge is -2.09. The van der Waals surface area contributed by atoms with Crippen LogP contribution in [0.15, 0.2) is 53.6 Å². The zero-order valence-electron chi connectivity index (χ0n) is 8.49. The van der Waals surface area contributed by atoms with E-state index in [2.05, 4.69) is 18.5 Å². The van der Waals surface area contributed by atoms with Crippen molar-refractivity contribution < 1.29 is 8.76 Å². The highest BCUT2D eigenvalue weighted by Crippen LogP contribution is 2.16. The van der Waals surface area contributed by atoms with Gasteiger partial charge >= 0.3 is 0 Å². The highest BCUT2D eigenvalue weighted by Gasteiger charge is 2.01. The van der Waals surface area contributed by atoms with Gasteiger partial charge in [-0.15, -0.1) is 0 Å². The summed E-state index contributed by atoms with van der Waals surface area (Å²) in [4.78, 5) is 0.356. The van der Waals surface area contributed by atoms with E-state index < -0.39 is 11.1 Å². The second kappa shape index (κ2) is 4.91. The van der Waals surface area contributed by atoms with Crippen molar-refractivity contribution >= 4 is 16.8 Å². The van der Waals surface area contributed by atoms with Crippen LogP contribution < -0.4 is 5.32 Å². The molecule has 0 radical (unpaired) electrons. The van der Waals surface area contributed by atoms with Gasteiger partial charge in [0.05, 0.1) is 4.90 Å². The van der Waals surface area contributed by atoms with E-state index in [0.29, 0.717) is 10.6 Å². The summed E-state index contributed by atoms with van der Waals surface area (Å²) in [5, 5.41) is 3.00. The van der Waals surface area contributed by atoms with Crippen molar-refractivity contribution in [2.45, 2.75) is 11.8 Å². The van der Waals surface area contributed by atoms with Gasteiger partial charge in [-0.2, -0.15) is 0 Å². The van der Waals surface area contributed by atoms with Crippen molar-refractivity contribution in [1.29, 1.82) is 0 Å². The van der Waals surface area contributed by atoms with Crippen LogP contribution in [0.3, 0.4) is 0 Å². The number of benzene rings is 1. The van der Waals surface area contributed by atoms with E-state index in [9.17, 15) is 4.21 Å². The van der Waals surface area contributed by atoms with E-state index in [0.717, 1.165) is 11.3 Å². The molecule has 1 unspecified atom stereocenters. The third-order valence-corrected chi connectivity index (χ3v) is 2.50. The maximum Gasteiger partial charge on any atom is 0.186 e. The monoisotopic (exact) mass is 223 g/mol. The topological polar surface area (TPSA) is 49.3 Å². The van der Waals surface area contributed by atoms with Crippen LogP contribution >= 0.6 is 0 Å². The quantitative estimate of drug-likeness (QED) is 0.609. The molecule has 0 spiro atoms. The molecule has 0 saturated heterocycles. The first-order chi connectivity index (χ1) is 7.00. The summed E-state index contributed by atoms with van der Waals surface area (Å²) in [7, 11) is 0. The van der Waals surface area contributed by atoms with E-state index in [-0.39, 0.29) is 0 Å². The predicted octanol–water partition coefficient (Wildman–Crippen LogP) is 2.77. The Bertz CT molecular complexity index is 426. The van der Waals surface area contributed by atoms with E-state index in [4.69, 9.17) is 4.55 Å². The lowest BCUT2D eigenvalue weighted by Crippen LogP contribution is -1.99. The number of anilines is 1. The molecule has 0 aromatic heterocycles. The summed E-state index contributed by atoms with van der Waals surface area (Å²) in [5.41, 5.74) is 2.24. The predicted molar refractivity (Wildman–Crippen MR) is 63.1 cm³/mol. The Balaban J connectivity index is 2.87. The van der Waals surface area contributed by atoms with Crippen molar-refractivity contribution in [3.8, 4) is 0 Å².